The zero-order valence-corrected chi connectivity index (χ0v) is 16.7. The maximum Gasteiger partial charge on any atom is 0.270 e. The molecule has 2 fully saturated rings. The second kappa shape index (κ2) is 6.68. The Morgan fingerprint density at radius 3 is 2.63 bits per heavy atom. The number of aromatic amines is 1. The molecule has 2 aliphatic rings. The summed E-state index contributed by atoms with van der Waals surface area (Å²) in [6.45, 7) is 8.71. The Bertz CT molecular complexity index is 811. The van der Waals surface area contributed by atoms with E-state index in [2.05, 4.69) is 59.8 Å². The van der Waals surface area contributed by atoms with Crippen LogP contribution in [0.1, 0.15) is 21.9 Å². The fraction of sp³-hybridized carbons (Fsp3) is 0.524. The number of H-pyrrole nitrogens is 1. The number of hydrogen-bond donors (Lipinski definition) is 1. The molecule has 1 amide bonds. The van der Waals surface area contributed by atoms with Crippen LogP contribution in [0.2, 0.25) is 0 Å². The molecular formula is C21H29N5O. The summed E-state index contributed by atoms with van der Waals surface area (Å²) in [6, 6.07) is 8.11. The molecule has 0 aromatic carbocycles. The van der Waals surface area contributed by atoms with Crippen LogP contribution in [0.4, 0.5) is 5.69 Å². The van der Waals surface area contributed by atoms with Gasteiger partial charge in [0.15, 0.2) is 0 Å². The third-order valence-electron chi connectivity index (χ3n) is 5.94. The van der Waals surface area contributed by atoms with Crippen molar-refractivity contribution in [1.29, 1.82) is 0 Å². The van der Waals surface area contributed by atoms with E-state index < -0.39 is 0 Å². The summed E-state index contributed by atoms with van der Waals surface area (Å²) in [5, 5.41) is 0. The Kier molecular flexibility index (Phi) is 4.46. The molecule has 4 heterocycles. The molecule has 2 aliphatic heterocycles. The summed E-state index contributed by atoms with van der Waals surface area (Å²) >= 11 is 0. The quantitative estimate of drug-likeness (QED) is 0.900. The van der Waals surface area contributed by atoms with Crippen molar-refractivity contribution in [2.24, 2.45) is 11.3 Å². The molecule has 2 atom stereocenters. The zero-order chi connectivity index (χ0) is 19.2. The van der Waals surface area contributed by atoms with Gasteiger partial charge in [-0.1, -0.05) is 0 Å². The molecule has 6 heteroatoms. The lowest BCUT2D eigenvalue weighted by Crippen LogP contribution is -2.43. The molecular weight excluding hydrogens is 338 g/mol. The van der Waals surface area contributed by atoms with E-state index in [9.17, 15) is 4.79 Å². The van der Waals surface area contributed by atoms with E-state index in [1.807, 2.05) is 23.2 Å². The second-order valence-corrected chi connectivity index (χ2v) is 8.56. The van der Waals surface area contributed by atoms with E-state index in [0.717, 1.165) is 44.1 Å². The number of anilines is 1. The van der Waals surface area contributed by atoms with Gasteiger partial charge in [-0.05, 0) is 52.2 Å². The van der Waals surface area contributed by atoms with Crippen molar-refractivity contribution in [3.63, 3.8) is 0 Å². The lowest BCUT2D eigenvalue weighted by molar-refractivity contribution is 0.0760. The summed E-state index contributed by atoms with van der Waals surface area (Å²) in [5.74, 6) is 0.599. The third kappa shape index (κ3) is 3.34. The SMILES string of the molecule is Cc1cc(N2C[C@H]3CN(C(=O)c4ccc[nH]4)C[C@@]3(CN(C)C)C2)cc(C)n1. The Morgan fingerprint density at radius 1 is 1.26 bits per heavy atom. The first-order valence-corrected chi connectivity index (χ1v) is 9.64. The van der Waals surface area contributed by atoms with Gasteiger partial charge in [-0.25, -0.2) is 0 Å². The number of nitrogens with one attached hydrogen (secondary N) is 1. The number of aryl methyl sites for hydroxylation is 2. The number of amides is 1. The maximum absolute atomic E-state index is 12.9. The van der Waals surface area contributed by atoms with Crippen molar-refractivity contribution in [2.75, 3.05) is 51.7 Å². The van der Waals surface area contributed by atoms with Crippen LogP contribution in [0.15, 0.2) is 30.5 Å². The molecule has 0 radical (unpaired) electrons. The van der Waals surface area contributed by atoms with Gasteiger partial charge in [-0.2, -0.15) is 0 Å². The van der Waals surface area contributed by atoms with Gasteiger partial charge in [-0.3, -0.25) is 9.78 Å². The third-order valence-corrected chi connectivity index (χ3v) is 5.94. The number of pyridine rings is 1. The van der Waals surface area contributed by atoms with E-state index in [1.165, 1.54) is 5.69 Å². The van der Waals surface area contributed by atoms with Gasteiger partial charge in [-0.15, -0.1) is 0 Å². The van der Waals surface area contributed by atoms with Crippen molar-refractivity contribution < 1.29 is 4.79 Å². The monoisotopic (exact) mass is 367 g/mol. The number of likely N-dealkylation sites (tertiary alicyclic amines) is 1. The summed E-state index contributed by atoms with van der Waals surface area (Å²) in [6.07, 6.45) is 1.82. The first kappa shape index (κ1) is 18.0. The van der Waals surface area contributed by atoms with Gasteiger partial charge in [0.1, 0.15) is 5.69 Å². The Balaban J connectivity index is 1.58. The number of nitrogens with zero attached hydrogens (tertiary/aromatic N) is 4. The van der Waals surface area contributed by atoms with E-state index in [0.29, 0.717) is 11.6 Å². The van der Waals surface area contributed by atoms with Crippen molar-refractivity contribution in [1.82, 2.24) is 19.8 Å². The van der Waals surface area contributed by atoms with Crippen molar-refractivity contribution in [3.05, 3.63) is 47.5 Å². The van der Waals surface area contributed by atoms with E-state index >= 15 is 0 Å². The van der Waals surface area contributed by atoms with Crippen molar-refractivity contribution in [3.8, 4) is 0 Å². The molecule has 6 nitrogen and oxygen atoms in total. The predicted octanol–water partition coefficient (Wildman–Crippen LogP) is 2.17. The van der Waals surface area contributed by atoms with Crippen LogP contribution in [-0.2, 0) is 0 Å². The van der Waals surface area contributed by atoms with Crippen LogP contribution < -0.4 is 4.90 Å². The maximum atomic E-state index is 12.9. The summed E-state index contributed by atoms with van der Waals surface area (Å²) in [5.41, 5.74) is 4.18. The standard InChI is InChI=1S/C21H29N5O/c1-15-8-18(9-16(2)23-15)25-10-17-11-26(20(27)19-6-5-7-22-19)14-21(17,13-25)12-24(3)4/h5-9,17,22H,10-14H2,1-4H3/t17-,21+/m0/s1. The highest BCUT2D eigenvalue weighted by molar-refractivity contribution is 5.92. The normalized spacial score (nSPS) is 24.7. The van der Waals surface area contributed by atoms with Crippen molar-refractivity contribution in [2.45, 2.75) is 13.8 Å². The fourth-order valence-corrected chi connectivity index (χ4v) is 5.01. The number of carbonyl (C=O) groups is 1. The predicted molar refractivity (Wildman–Crippen MR) is 107 cm³/mol. The summed E-state index contributed by atoms with van der Waals surface area (Å²) in [7, 11) is 4.26. The first-order chi connectivity index (χ1) is 12.9. The van der Waals surface area contributed by atoms with Crippen LogP contribution in [0.3, 0.4) is 0 Å². The molecule has 0 spiro atoms. The Labute approximate surface area is 161 Å². The van der Waals surface area contributed by atoms with E-state index in [1.54, 1.807) is 0 Å². The van der Waals surface area contributed by atoms with Crippen LogP contribution in [0.25, 0.3) is 0 Å². The molecule has 4 rings (SSSR count). The van der Waals surface area contributed by atoms with Crippen LogP contribution in [0, 0.1) is 25.2 Å². The van der Waals surface area contributed by atoms with Gasteiger partial charge < -0.3 is 19.7 Å². The average Bonchev–Trinajstić information content (AvgIpc) is 3.26. The number of fused-ring (bicyclic) bond motifs is 1. The number of hydrogen-bond acceptors (Lipinski definition) is 4. The first-order valence-electron chi connectivity index (χ1n) is 9.64. The zero-order valence-electron chi connectivity index (χ0n) is 16.7. The highest BCUT2D eigenvalue weighted by Gasteiger charge is 2.53. The van der Waals surface area contributed by atoms with Gasteiger partial charge in [0, 0.05) is 67.3 Å². The molecule has 2 aromatic heterocycles. The van der Waals surface area contributed by atoms with Gasteiger partial charge in [0.05, 0.1) is 0 Å². The fourth-order valence-electron chi connectivity index (χ4n) is 5.01. The van der Waals surface area contributed by atoms with Crippen molar-refractivity contribution >= 4 is 11.6 Å². The Morgan fingerprint density at radius 2 is 2.00 bits per heavy atom. The lowest BCUT2D eigenvalue weighted by atomic mass is 9.80. The van der Waals surface area contributed by atoms with Crippen LogP contribution in [-0.4, -0.2) is 72.5 Å². The average molecular weight is 367 g/mol. The van der Waals surface area contributed by atoms with Gasteiger partial charge in [0.25, 0.3) is 5.91 Å². The summed E-state index contributed by atoms with van der Waals surface area (Å²) < 4.78 is 0. The largest absolute Gasteiger partial charge is 0.370 e. The van der Waals surface area contributed by atoms with Gasteiger partial charge in [0.2, 0.25) is 0 Å². The summed E-state index contributed by atoms with van der Waals surface area (Å²) in [4.78, 5) is 27.2. The lowest BCUT2D eigenvalue weighted by Gasteiger charge is -2.32. The van der Waals surface area contributed by atoms with E-state index in [4.69, 9.17) is 0 Å². The molecule has 27 heavy (non-hydrogen) atoms. The molecule has 144 valence electrons. The molecule has 2 aromatic rings. The van der Waals surface area contributed by atoms with Crippen LogP contribution in [0.5, 0.6) is 0 Å². The van der Waals surface area contributed by atoms with E-state index in [-0.39, 0.29) is 11.3 Å². The topological polar surface area (TPSA) is 55.5 Å². The molecule has 0 saturated carbocycles. The molecule has 0 aliphatic carbocycles. The minimum absolute atomic E-state index is 0.108. The minimum atomic E-state index is 0.108. The number of rotatable bonds is 4. The number of carbonyl (C=O) groups excluding carboxylic acids is 1. The smallest absolute Gasteiger partial charge is 0.270 e. The van der Waals surface area contributed by atoms with Crippen LogP contribution >= 0.6 is 0 Å². The molecule has 2 saturated heterocycles. The number of aromatic nitrogens is 2. The van der Waals surface area contributed by atoms with Gasteiger partial charge >= 0.3 is 0 Å². The second-order valence-electron chi connectivity index (χ2n) is 8.56. The molecule has 0 bridgehead atoms. The minimum Gasteiger partial charge on any atom is -0.370 e. The molecule has 1 N–H and O–H groups in total. The molecule has 0 unspecified atom stereocenters. The Hall–Kier alpha value is -2.34. The highest BCUT2D eigenvalue weighted by atomic mass is 16.2. The highest BCUT2D eigenvalue weighted by Crippen LogP contribution is 2.44.